The lowest BCUT2D eigenvalue weighted by atomic mass is 9.67. The van der Waals surface area contributed by atoms with Gasteiger partial charge >= 0.3 is 0 Å². The molecule has 0 spiro atoms. The molecule has 57 heavy (non-hydrogen) atoms. The van der Waals surface area contributed by atoms with Crippen LogP contribution in [0.3, 0.4) is 0 Å². The standard InChI is InChI=1S/C56H47N/c1-40-19-18-31-52-55(40)51-38-37-47(39-53(51)56(52,44-24-10-4-11-25-44)45-26-12-5-13-27-45)57(46-35-33-42(34-36-46)41-20-6-2-7-21-41)54-32-17-16-30-50(54)49-29-15-14-28-48(49)43-22-8-3-9-23-43/h3-5,8-19,22-39,41H,2,6-7,20-21H2,1H3. The van der Waals surface area contributed by atoms with E-state index in [2.05, 4.69) is 212 Å². The third-order valence-corrected chi connectivity index (χ3v) is 12.7. The Hall–Kier alpha value is -6.44. The van der Waals surface area contributed by atoms with Gasteiger partial charge in [0.2, 0.25) is 0 Å². The van der Waals surface area contributed by atoms with Crippen molar-refractivity contribution in [3.05, 3.63) is 234 Å². The Labute approximate surface area is 337 Å². The fourth-order valence-corrected chi connectivity index (χ4v) is 10.1. The van der Waals surface area contributed by atoms with Gasteiger partial charge in [0.15, 0.2) is 0 Å². The van der Waals surface area contributed by atoms with Crippen LogP contribution in [0.1, 0.15) is 71.4 Å². The Balaban J connectivity index is 1.23. The normalized spacial score (nSPS) is 14.5. The van der Waals surface area contributed by atoms with E-state index in [9.17, 15) is 0 Å². The minimum Gasteiger partial charge on any atom is -0.310 e. The molecule has 10 rings (SSSR count). The summed E-state index contributed by atoms with van der Waals surface area (Å²) >= 11 is 0. The maximum absolute atomic E-state index is 2.51. The van der Waals surface area contributed by atoms with Crippen molar-refractivity contribution in [2.75, 3.05) is 4.90 Å². The van der Waals surface area contributed by atoms with Crippen molar-refractivity contribution in [1.29, 1.82) is 0 Å². The van der Waals surface area contributed by atoms with Gasteiger partial charge in [-0.2, -0.15) is 0 Å². The molecule has 0 aliphatic heterocycles. The predicted molar refractivity (Wildman–Crippen MR) is 240 cm³/mol. The van der Waals surface area contributed by atoms with Crippen LogP contribution in [0.4, 0.5) is 17.1 Å². The van der Waals surface area contributed by atoms with Crippen molar-refractivity contribution >= 4 is 17.1 Å². The minimum atomic E-state index is -0.495. The monoisotopic (exact) mass is 733 g/mol. The molecule has 0 radical (unpaired) electrons. The molecule has 0 heterocycles. The van der Waals surface area contributed by atoms with Crippen LogP contribution < -0.4 is 4.90 Å². The summed E-state index contributed by atoms with van der Waals surface area (Å²) in [4.78, 5) is 2.51. The van der Waals surface area contributed by atoms with Gasteiger partial charge in [-0.05, 0) is 117 Å². The van der Waals surface area contributed by atoms with Crippen molar-refractivity contribution in [3.63, 3.8) is 0 Å². The van der Waals surface area contributed by atoms with Crippen molar-refractivity contribution in [2.24, 2.45) is 0 Å². The van der Waals surface area contributed by atoms with Gasteiger partial charge in [-0.15, -0.1) is 0 Å². The number of fused-ring (bicyclic) bond motifs is 3. The summed E-state index contributed by atoms with van der Waals surface area (Å²) in [5.41, 5.74) is 18.4. The number of rotatable bonds is 8. The smallest absolute Gasteiger partial charge is 0.0714 e. The molecule has 0 bridgehead atoms. The third kappa shape index (κ3) is 6.01. The van der Waals surface area contributed by atoms with Crippen LogP contribution in [0.15, 0.2) is 200 Å². The fraction of sp³-hybridized carbons (Fsp3) is 0.143. The molecular formula is C56H47N. The summed E-state index contributed by atoms with van der Waals surface area (Å²) in [6, 6.07) is 74.6. The zero-order valence-corrected chi connectivity index (χ0v) is 32.6. The minimum absolute atomic E-state index is 0.495. The van der Waals surface area contributed by atoms with Gasteiger partial charge in [0.05, 0.1) is 11.1 Å². The number of para-hydroxylation sites is 1. The van der Waals surface area contributed by atoms with Crippen LogP contribution in [0, 0.1) is 6.92 Å². The first-order chi connectivity index (χ1) is 28.2. The van der Waals surface area contributed by atoms with E-state index in [1.54, 1.807) is 0 Å². The molecule has 1 saturated carbocycles. The molecule has 8 aromatic carbocycles. The van der Waals surface area contributed by atoms with Gasteiger partial charge in [-0.1, -0.05) is 189 Å². The highest BCUT2D eigenvalue weighted by molar-refractivity contribution is 5.96. The van der Waals surface area contributed by atoms with E-state index >= 15 is 0 Å². The number of anilines is 3. The van der Waals surface area contributed by atoms with Gasteiger partial charge in [0.25, 0.3) is 0 Å². The van der Waals surface area contributed by atoms with Crippen LogP contribution >= 0.6 is 0 Å². The Bertz CT molecular complexity index is 2610. The Morgan fingerprint density at radius 3 is 1.70 bits per heavy atom. The van der Waals surface area contributed by atoms with Crippen LogP contribution in [0.5, 0.6) is 0 Å². The van der Waals surface area contributed by atoms with Gasteiger partial charge in [0.1, 0.15) is 0 Å². The molecule has 0 saturated heterocycles. The quantitative estimate of drug-likeness (QED) is 0.150. The van der Waals surface area contributed by atoms with Crippen molar-refractivity contribution in [3.8, 4) is 33.4 Å². The van der Waals surface area contributed by atoms with Crippen LogP contribution in [-0.4, -0.2) is 0 Å². The highest BCUT2D eigenvalue weighted by Crippen LogP contribution is 2.58. The first-order valence-corrected chi connectivity index (χ1v) is 20.7. The number of benzene rings is 8. The predicted octanol–water partition coefficient (Wildman–Crippen LogP) is 15.2. The summed E-state index contributed by atoms with van der Waals surface area (Å²) in [6.45, 7) is 2.27. The molecule has 2 aliphatic carbocycles. The average Bonchev–Trinajstić information content (AvgIpc) is 3.59. The lowest BCUT2D eigenvalue weighted by Crippen LogP contribution is -2.28. The van der Waals surface area contributed by atoms with E-state index in [0.29, 0.717) is 5.92 Å². The Kier molecular flexibility index (Phi) is 9.15. The fourth-order valence-electron chi connectivity index (χ4n) is 10.1. The molecule has 0 atom stereocenters. The Morgan fingerprint density at radius 2 is 1.02 bits per heavy atom. The first kappa shape index (κ1) is 35.0. The average molecular weight is 734 g/mol. The zero-order valence-electron chi connectivity index (χ0n) is 32.6. The molecule has 0 aromatic heterocycles. The van der Waals surface area contributed by atoms with Crippen molar-refractivity contribution < 1.29 is 0 Å². The molecule has 0 unspecified atom stereocenters. The van der Waals surface area contributed by atoms with Gasteiger partial charge < -0.3 is 4.90 Å². The van der Waals surface area contributed by atoms with Crippen molar-refractivity contribution in [2.45, 2.75) is 50.4 Å². The number of hydrogen-bond donors (Lipinski definition) is 0. The van der Waals surface area contributed by atoms with Crippen molar-refractivity contribution in [1.82, 2.24) is 0 Å². The van der Waals surface area contributed by atoms with Crippen LogP contribution in [0.25, 0.3) is 33.4 Å². The summed E-state index contributed by atoms with van der Waals surface area (Å²) in [5.74, 6) is 0.644. The van der Waals surface area contributed by atoms with E-state index in [1.807, 2.05) is 0 Å². The molecule has 0 amide bonds. The van der Waals surface area contributed by atoms with E-state index in [4.69, 9.17) is 0 Å². The topological polar surface area (TPSA) is 3.24 Å². The van der Waals surface area contributed by atoms with Gasteiger partial charge in [-0.3, -0.25) is 0 Å². The summed E-state index contributed by atoms with van der Waals surface area (Å²) in [7, 11) is 0. The molecule has 1 fully saturated rings. The zero-order chi connectivity index (χ0) is 38.2. The summed E-state index contributed by atoms with van der Waals surface area (Å²) < 4.78 is 0. The molecule has 8 aromatic rings. The summed E-state index contributed by atoms with van der Waals surface area (Å²) in [5, 5.41) is 0. The molecule has 276 valence electrons. The second-order valence-corrected chi connectivity index (χ2v) is 15.9. The largest absolute Gasteiger partial charge is 0.310 e. The lowest BCUT2D eigenvalue weighted by molar-refractivity contribution is 0.443. The molecular weight excluding hydrogens is 687 g/mol. The lowest BCUT2D eigenvalue weighted by Gasteiger charge is -2.35. The van der Waals surface area contributed by atoms with Gasteiger partial charge in [-0.25, -0.2) is 0 Å². The molecule has 2 aliphatic rings. The highest BCUT2D eigenvalue weighted by Gasteiger charge is 2.47. The maximum Gasteiger partial charge on any atom is 0.0714 e. The molecule has 1 nitrogen and oxygen atoms in total. The number of hydrogen-bond acceptors (Lipinski definition) is 1. The molecule has 0 N–H and O–H groups in total. The van der Waals surface area contributed by atoms with E-state index < -0.39 is 5.41 Å². The number of nitrogens with zero attached hydrogens (tertiary/aromatic N) is 1. The Morgan fingerprint density at radius 1 is 0.439 bits per heavy atom. The highest BCUT2D eigenvalue weighted by atomic mass is 15.1. The van der Waals surface area contributed by atoms with E-state index in [1.165, 1.54) is 98.9 Å². The van der Waals surface area contributed by atoms with Gasteiger partial charge in [0, 0.05) is 16.9 Å². The van der Waals surface area contributed by atoms with Crippen LogP contribution in [-0.2, 0) is 5.41 Å². The molecule has 1 heteroatoms. The SMILES string of the molecule is Cc1cccc2c1-c1ccc(N(c3ccc(C4CCCCC4)cc3)c3ccccc3-c3ccccc3-c3ccccc3)cc1C2(c1ccccc1)c1ccccc1. The second-order valence-electron chi connectivity index (χ2n) is 15.9. The summed E-state index contributed by atoms with van der Waals surface area (Å²) in [6.07, 6.45) is 6.59. The number of aryl methyl sites for hydroxylation is 1. The second kappa shape index (κ2) is 14.9. The van der Waals surface area contributed by atoms with E-state index in [-0.39, 0.29) is 0 Å². The third-order valence-electron chi connectivity index (χ3n) is 12.7. The van der Waals surface area contributed by atoms with E-state index in [0.717, 1.165) is 17.1 Å². The first-order valence-electron chi connectivity index (χ1n) is 20.7. The van der Waals surface area contributed by atoms with Crippen LogP contribution in [0.2, 0.25) is 0 Å². The maximum atomic E-state index is 2.51.